The summed E-state index contributed by atoms with van der Waals surface area (Å²) in [5.74, 6) is -2.26. The van der Waals surface area contributed by atoms with Gasteiger partial charge in [0.15, 0.2) is 11.6 Å². The minimum atomic E-state index is -3.10. The van der Waals surface area contributed by atoms with Crippen molar-refractivity contribution in [2.24, 2.45) is 5.41 Å². The van der Waals surface area contributed by atoms with Crippen LogP contribution < -0.4 is 10.2 Å². The van der Waals surface area contributed by atoms with Gasteiger partial charge in [-0.1, -0.05) is 13.0 Å². The molecule has 1 fully saturated rings. The highest BCUT2D eigenvalue weighted by Gasteiger charge is 2.43. The van der Waals surface area contributed by atoms with E-state index in [0.717, 1.165) is 13.3 Å². The first-order valence-electron chi connectivity index (χ1n) is 9.84. The molecule has 3 aromatic rings. The normalized spacial score (nSPS) is 15.4. The predicted molar refractivity (Wildman–Crippen MR) is 111 cm³/mol. The molecule has 160 valence electrons. The number of nitrogens with zero attached hydrogens (tertiary/aromatic N) is 6. The van der Waals surface area contributed by atoms with Gasteiger partial charge in [-0.25, -0.2) is 14.6 Å². The average molecular weight is 425 g/mol. The number of pyridine rings is 2. The number of nitrogens with one attached hydrogen (secondary N) is 1. The van der Waals surface area contributed by atoms with E-state index in [2.05, 4.69) is 26.5 Å². The highest BCUT2D eigenvalue weighted by Crippen LogP contribution is 2.39. The second kappa shape index (κ2) is 7.27. The molecule has 10 heteroatoms. The summed E-state index contributed by atoms with van der Waals surface area (Å²) in [6.07, 6.45) is 2.30. The summed E-state index contributed by atoms with van der Waals surface area (Å²) < 4.78 is 29.2. The van der Waals surface area contributed by atoms with Crippen molar-refractivity contribution in [2.75, 3.05) is 23.3 Å². The molecule has 8 nitrogen and oxygen atoms in total. The third kappa shape index (κ3) is 3.67. The summed E-state index contributed by atoms with van der Waals surface area (Å²) in [6.45, 7) is 5.16. The SMILES string of the molecule is CCC1(C#N)CN(c2nn(-c3cccc(C(C)(F)F)n3)c3cc(NC(C)=O)ncc23)C1. The Labute approximate surface area is 177 Å². The summed E-state index contributed by atoms with van der Waals surface area (Å²) >= 11 is 0. The fraction of sp³-hybridized carbons (Fsp3) is 0.381. The van der Waals surface area contributed by atoms with Crippen LogP contribution in [0.15, 0.2) is 30.5 Å². The Balaban J connectivity index is 1.84. The topological polar surface area (TPSA) is 99.7 Å². The van der Waals surface area contributed by atoms with Gasteiger partial charge in [-0.3, -0.25) is 4.79 Å². The molecule has 1 aliphatic heterocycles. The molecule has 0 aliphatic carbocycles. The molecule has 0 atom stereocenters. The highest BCUT2D eigenvalue weighted by molar-refractivity contribution is 5.95. The van der Waals surface area contributed by atoms with Crippen LogP contribution in [0.25, 0.3) is 16.7 Å². The predicted octanol–water partition coefficient (Wildman–Crippen LogP) is 3.63. The standard InChI is InChI=1S/C21H21F2N7O/c1-4-21(10-24)11-29(12-21)19-14-9-25-17(26-13(2)31)8-15(14)30(28-19)18-7-5-6-16(27-18)20(3,22)23/h5-9H,4,11-12H2,1-3H3,(H,25,26,31). The van der Waals surface area contributed by atoms with Gasteiger partial charge in [0, 0.05) is 39.2 Å². The Kier molecular flexibility index (Phi) is 4.84. The van der Waals surface area contributed by atoms with E-state index in [1.165, 1.54) is 23.7 Å². The van der Waals surface area contributed by atoms with Crippen LogP contribution in [0.3, 0.4) is 0 Å². The number of carbonyl (C=O) groups is 1. The first kappa shape index (κ1) is 20.7. The maximum absolute atomic E-state index is 13.8. The van der Waals surface area contributed by atoms with E-state index in [-0.39, 0.29) is 17.4 Å². The maximum Gasteiger partial charge on any atom is 0.287 e. The zero-order valence-corrected chi connectivity index (χ0v) is 17.4. The number of carbonyl (C=O) groups excluding carboxylic acids is 1. The molecule has 1 saturated heterocycles. The van der Waals surface area contributed by atoms with Crippen molar-refractivity contribution in [3.05, 3.63) is 36.2 Å². The fourth-order valence-corrected chi connectivity index (χ4v) is 3.64. The molecule has 1 amide bonds. The molecule has 31 heavy (non-hydrogen) atoms. The molecule has 0 unspecified atom stereocenters. The molecule has 1 aliphatic rings. The van der Waals surface area contributed by atoms with Gasteiger partial charge in [-0.05, 0) is 18.6 Å². The zero-order chi connectivity index (χ0) is 22.4. The number of hydrogen-bond acceptors (Lipinski definition) is 6. The minimum absolute atomic E-state index is 0.220. The fourth-order valence-electron chi connectivity index (χ4n) is 3.64. The van der Waals surface area contributed by atoms with Crippen LogP contribution in [0.4, 0.5) is 20.4 Å². The van der Waals surface area contributed by atoms with E-state index < -0.39 is 11.3 Å². The molecule has 4 heterocycles. The lowest BCUT2D eigenvalue weighted by molar-refractivity contribution is -0.114. The number of nitriles is 1. The van der Waals surface area contributed by atoms with E-state index in [0.29, 0.717) is 35.6 Å². The lowest BCUT2D eigenvalue weighted by atomic mass is 9.79. The van der Waals surface area contributed by atoms with Crippen LogP contribution in [0, 0.1) is 16.7 Å². The van der Waals surface area contributed by atoms with E-state index in [4.69, 9.17) is 0 Å². The number of hydrogen-bond donors (Lipinski definition) is 1. The quantitative estimate of drug-likeness (QED) is 0.670. The summed E-state index contributed by atoms with van der Waals surface area (Å²) in [4.78, 5) is 21.8. The van der Waals surface area contributed by atoms with Crippen LogP contribution in [-0.2, 0) is 10.7 Å². The van der Waals surface area contributed by atoms with Crippen LogP contribution in [-0.4, -0.2) is 38.7 Å². The van der Waals surface area contributed by atoms with Crippen molar-refractivity contribution in [2.45, 2.75) is 33.1 Å². The van der Waals surface area contributed by atoms with E-state index in [9.17, 15) is 18.8 Å². The third-order valence-electron chi connectivity index (χ3n) is 5.45. The summed E-state index contributed by atoms with van der Waals surface area (Å²) in [7, 11) is 0. The molecule has 1 N–H and O–H groups in total. The van der Waals surface area contributed by atoms with Crippen LogP contribution in [0.1, 0.15) is 32.9 Å². The van der Waals surface area contributed by atoms with Gasteiger partial charge in [0.05, 0.1) is 22.4 Å². The molecule has 0 spiro atoms. The van der Waals surface area contributed by atoms with Crippen molar-refractivity contribution in [1.29, 1.82) is 5.26 Å². The van der Waals surface area contributed by atoms with Crippen molar-refractivity contribution < 1.29 is 13.6 Å². The monoisotopic (exact) mass is 425 g/mol. The number of amides is 1. The Morgan fingerprint density at radius 3 is 2.74 bits per heavy atom. The summed E-state index contributed by atoms with van der Waals surface area (Å²) in [5.41, 5.74) is -0.240. The first-order valence-corrected chi connectivity index (χ1v) is 9.84. The number of aromatic nitrogens is 4. The zero-order valence-electron chi connectivity index (χ0n) is 17.4. The number of halogens is 2. The Morgan fingerprint density at radius 1 is 1.39 bits per heavy atom. The van der Waals surface area contributed by atoms with Gasteiger partial charge >= 0.3 is 0 Å². The van der Waals surface area contributed by atoms with Crippen LogP contribution in [0.2, 0.25) is 0 Å². The first-order chi connectivity index (χ1) is 14.7. The van der Waals surface area contributed by atoms with E-state index in [1.807, 2.05) is 11.8 Å². The molecule has 0 aromatic carbocycles. The van der Waals surface area contributed by atoms with Gasteiger partial charge in [0.1, 0.15) is 11.5 Å². The van der Waals surface area contributed by atoms with Gasteiger partial charge in [-0.15, -0.1) is 5.10 Å². The number of rotatable bonds is 5. The van der Waals surface area contributed by atoms with E-state index in [1.54, 1.807) is 18.3 Å². The summed E-state index contributed by atoms with van der Waals surface area (Å²) in [5, 5.41) is 17.4. The van der Waals surface area contributed by atoms with Crippen molar-refractivity contribution in [3.8, 4) is 11.9 Å². The van der Waals surface area contributed by atoms with E-state index >= 15 is 0 Å². The smallest absolute Gasteiger partial charge is 0.287 e. The second-order valence-electron chi connectivity index (χ2n) is 7.87. The van der Waals surface area contributed by atoms with Gasteiger partial charge in [-0.2, -0.15) is 14.0 Å². The van der Waals surface area contributed by atoms with Gasteiger partial charge < -0.3 is 10.2 Å². The minimum Gasteiger partial charge on any atom is -0.351 e. The maximum atomic E-state index is 13.8. The van der Waals surface area contributed by atoms with Crippen molar-refractivity contribution in [3.63, 3.8) is 0 Å². The Hall–Kier alpha value is -3.61. The average Bonchev–Trinajstić information content (AvgIpc) is 3.06. The van der Waals surface area contributed by atoms with Crippen molar-refractivity contribution >= 4 is 28.4 Å². The van der Waals surface area contributed by atoms with Crippen LogP contribution >= 0.6 is 0 Å². The number of alkyl halides is 2. The molecule has 0 bridgehead atoms. The number of anilines is 2. The van der Waals surface area contributed by atoms with Gasteiger partial charge in [0.25, 0.3) is 5.92 Å². The van der Waals surface area contributed by atoms with Crippen molar-refractivity contribution in [1.82, 2.24) is 19.7 Å². The Morgan fingerprint density at radius 2 is 2.13 bits per heavy atom. The largest absolute Gasteiger partial charge is 0.351 e. The highest BCUT2D eigenvalue weighted by atomic mass is 19.3. The molecule has 0 radical (unpaired) electrons. The molecule has 4 rings (SSSR count). The summed E-state index contributed by atoms with van der Waals surface area (Å²) in [6, 6.07) is 8.35. The molecule has 0 saturated carbocycles. The molecular weight excluding hydrogens is 404 g/mol. The molecule has 3 aromatic heterocycles. The lowest BCUT2D eigenvalue weighted by Gasteiger charge is -2.45. The van der Waals surface area contributed by atoms with Gasteiger partial charge in [0.2, 0.25) is 5.91 Å². The Bertz CT molecular complexity index is 1200. The lowest BCUT2D eigenvalue weighted by Crippen LogP contribution is -2.55. The third-order valence-corrected chi connectivity index (χ3v) is 5.45. The van der Waals surface area contributed by atoms with Crippen LogP contribution in [0.5, 0.6) is 0 Å². The second-order valence-corrected chi connectivity index (χ2v) is 7.87. The number of fused-ring (bicyclic) bond motifs is 1. The molecular formula is C21H21F2N7O.